The monoisotopic (exact) mass is 505 g/mol. The van der Waals surface area contributed by atoms with Crippen LogP contribution >= 0.6 is 11.6 Å². The van der Waals surface area contributed by atoms with Crippen LogP contribution in [0.5, 0.6) is 0 Å². The number of hydrogen-bond donors (Lipinski definition) is 3. The molecule has 0 aromatic heterocycles. The van der Waals surface area contributed by atoms with Crippen molar-refractivity contribution in [3.63, 3.8) is 0 Å². The number of carboxylic acid groups (broad SMARTS) is 1. The van der Waals surface area contributed by atoms with Crippen LogP contribution < -0.4 is 15.5 Å². The predicted molar refractivity (Wildman–Crippen MR) is 135 cm³/mol. The molecule has 0 bridgehead atoms. The topological polar surface area (TPSA) is 105 Å². The molecule has 1 aromatic carbocycles. The molecule has 3 heterocycles. The molecule has 1 unspecified atom stereocenters. The maximum Gasteiger partial charge on any atom is 0.405 e. The van der Waals surface area contributed by atoms with Crippen LogP contribution in [0.3, 0.4) is 0 Å². The van der Waals surface area contributed by atoms with E-state index in [0.717, 1.165) is 56.3 Å². The first-order chi connectivity index (χ1) is 16.6. The van der Waals surface area contributed by atoms with E-state index in [1.807, 2.05) is 18.2 Å². The van der Waals surface area contributed by atoms with E-state index in [9.17, 15) is 14.4 Å². The van der Waals surface area contributed by atoms with Crippen LogP contribution in [0.2, 0.25) is 5.02 Å². The highest BCUT2D eigenvalue weighted by atomic mass is 35.5. The molecule has 1 spiro atoms. The minimum atomic E-state index is -1.22. The summed E-state index contributed by atoms with van der Waals surface area (Å²) >= 11 is 6.13. The van der Waals surface area contributed by atoms with Gasteiger partial charge in [0.15, 0.2) is 0 Å². The van der Waals surface area contributed by atoms with E-state index in [1.165, 1.54) is 0 Å². The third kappa shape index (κ3) is 5.83. The number of carbonyl (C=O) groups is 3. The molecule has 35 heavy (non-hydrogen) atoms. The van der Waals surface area contributed by atoms with Crippen molar-refractivity contribution in [3.8, 4) is 0 Å². The lowest BCUT2D eigenvalue weighted by Crippen LogP contribution is -2.58. The van der Waals surface area contributed by atoms with Gasteiger partial charge in [-0.1, -0.05) is 17.7 Å². The first kappa shape index (κ1) is 25.6. The lowest BCUT2D eigenvalue weighted by atomic mass is 9.75. The van der Waals surface area contributed by atoms with E-state index < -0.39 is 17.0 Å². The minimum Gasteiger partial charge on any atom is -0.465 e. The molecule has 3 aliphatic heterocycles. The van der Waals surface area contributed by atoms with Crippen molar-refractivity contribution < 1.29 is 19.5 Å². The maximum absolute atomic E-state index is 12.9. The van der Waals surface area contributed by atoms with Crippen LogP contribution in [-0.2, 0) is 9.59 Å². The standard InChI is InChI=1S/C25H36ClN5O4/c1-24(2,28-23(34)35)22(33)31-10-7-25(8-11-31)17-19(27-21(25)32)6-9-29-12-14-30(15-13-29)20-5-3-4-18(26)16-20/h3-5,16,19,28H,6-15,17H2,1-2H3,(H,27,32)(H,34,35). The number of hydrogen-bond acceptors (Lipinski definition) is 5. The van der Waals surface area contributed by atoms with Gasteiger partial charge in [-0.15, -0.1) is 0 Å². The summed E-state index contributed by atoms with van der Waals surface area (Å²) in [4.78, 5) is 43.2. The van der Waals surface area contributed by atoms with Gasteiger partial charge in [0.05, 0.1) is 5.41 Å². The molecular formula is C25H36ClN5O4. The Kier molecular flexibility index (Phi) is 7.47. The summed E-state index contributed by atoms with van der Waals surface area (Å²) in [5.74, 6) is -0.148. The van der Waals surface area contributed by atoms with Crippen molar-refractivity contribution in [2.24, 2.45) is 5.41 Å². The zero-order valence-electron chi connectivity index (χ0n) is 20.6. The highest BCUT2D eigenvalue weighted by Crippen LogP contribution is 2.41. The Labute approximate surface area is 211 Å². The number of rotatable bonds is 6. The second kappa shape index (κ2) is 10.2. The molecule has 3 aliphatic rings. The Morgan fingerprint density at radius 3 is 2.49 bits per heavy atom. The molecule has 10 heteroatoms. The van der Waals surface area contributed by atoms with Crippen molar-refractivity contribution in [2.45, 2.75) is 51.1 Å². The number of piperazine rings is 1. The highest BCUT2D eigenvalue weighted by Gasteiger charge is 2.49. The molecule has 9 nitrogen and oxygen atoms in total. The van der Waals surface area contributed by atoms with E-state index in [0.29, 0.717) is 25.9 Å². The molecular weight excluding hydrogens is 470 g/mol. The van der Waals surface area contributed by atoms with E-state index in [1.54, 1.807) is 18.7 Å². The van der Waals surface area contributed by atoms with Crippen LogP contribution in [0.4, 0.5) is 10.5 Å². The fraction of sp³-hybridized carbons (Fsp3) is 0.640. The van der Waals surface area contributed by atoms with Gasteiger partial charge in [-0.2, -0.15) is 0 Å². The van der Waals surface area contributed by atoms with Gasteiger partial charge in [0.2, 0.25) is 11.8 Å². The summed E-state index contributed by atoms with van der Waals surface area (Å²) in [6.45, 7) is 8.90. The highest BCUT2D eigenvalue weighted by molar-refractivity contribution is 6.30. The van der Waals surface area contributed by atoms with Gasteiger partial charge in [0, 0.05) is 62.6 Å². The van der Waals surface area contributed by atoms with E-state index >= 15 is 0 Å². The molecule has 0 saturated carbocycles. The third-order valence-corrected chi connectivity index (χ3v) is 7.99. The lowest BCUT2D eigenvalue weighted by molar-refractivity contribution is -0.142. The predicted octanol–water partition coefficient (Wildman–Crippen LogP) is 2.40. The van der Waals surface area contributed by atoms with Gasteiger partial charge >= 0.3 is 6.09 Å². The lowest BCUT2D eigenvalue weighted by Gasteiger charge is -2.40. The largest absolute Gasteiger partial charge is 0.465 e. The summed E-state index contributed by atoms with van der Waals surface area (Å²) < 4.78 is 0. The molecule has 1 atom stereocenters. The van der Waals surface area contributed by atoms with Gasteiger partial charge < -0.3 is 25.5 Å². The Morgan fingerprint density at radius 2 is 1.86 bits per heavy atom. The quantitative estimate of drug-likeness (QED) is 0.548. The number of carbonyl (C=O) groups excluding carboxylic acids is 2. The molecule has 3 amide bonds. The Morgan fingerprint density at radius 1 is 1.17 bits per heavy atom. The SMILES string of the molecule is CC(C)(NC(=O)O)C(=O)N1CCC2(CC1)CC(CCN1CCN(c3cccc(Cl)c3)CC1)NC2=O. The molecule has 0 radical (unpaired) electrons. The van der Waals surface area contributed by atoms with Crippen LogP contribution in [-0.4, -0.2) is 90.2 Å². The summed E-state index contributed by atoms with van der Waals surface area (Å²) in [7, 11) is 0. The van der Waals surface area contributed by atoms with Gasteiger partial charge in [-0.3, -0.25) is 14.5 Å². The Hall–Kier alpha value is -2.52. The molecule has 3 saturated heterocycles. The number of nitrogens with one attached hydrogen (secondary N) is 2. The second-order valence-electron chi connectivity index (χ2n) is 10.6. The molecule has 4 rings (SSSR count). The summed E-state index contributed by atoms with van der Waals surface area (Å²) in [5.41, 5.74) is -0.445. The van der Waals surface area contributed by atoms with Gasteiger partial charge in [-0.25, -0.2) is 4.79 Å². The molecule has 3 N–H and O–H groups in total. The average Bonchev–Trinajstić information content (AvgIpc) is 3.12. The number of anilines is 1. The zero-order valence-corrected chi connectivity index (χ0v) is 21.3. The summed E-state index contributed by atoms with van der Waals surface area (Å²) in [6.07, 6.45) is 1.72. The van der Waals surface area contributed by atoms with Crippen LogP contribution in [0.25, 0.3) is 0 Å². The van der Waals surface area contributed by atoms with E-state index in [2.05, 4.69) is 26.5 Å². The third-order valence-electron chi connectivity index (χ3n) is 7.76. The van der Waals surface area contributed by atoms with Crippen LogP contribution in [0.1, 0.15) is 39.5 Å². The normalized spacial score (nSPS) is 22.8. The van der Waals surface area contributed by atoms with Gasteiger partial charge in [0.25, 0.3) is 0 Å². The first-order valence-corrected chi connectivity index (χ1v) is 12.8. The number of piperidine rings is 1. The van der Waals surface area contributed by atoms with E-state index in [-0.39, 0.29) is 17.9 Å². The minimum absolute atomic E-state index is 0.100. The molecule has 1 aromatic rings. The van der Waals surface area contributed by atoms with Crippen molar-refractivity contribution in [1.82, 2.24) is 20.4 Å². The Balaban J connectivity index is 1.23. The fourth-order valence-corrected chi connectivity index (χ4v) is 5.84. The average molecular weight is 506 g/mol. The summed E-state index contributed by atoms with van der Waals surface area (Å²) in [5, 5.41) is 15.3. The first-order valence-electron chi connectivity index (χ1n) is 12.4. The molecule has 3 fully saturated rings. The summed E-state index contributed by atoms with van der Waals surface area (Å²) in [6, 6.07) is 8.13. The second-order valence-corrected chi connectivity index (χ2v) is 11.0. The van der Waals surface area contributed by atoms with Crippen LogP contribution in [0.15, 0.2) is 24.3 Å². The zero-order chi connectivity index (χ0) is 25.2. The maximum atomic E-state index is 12.9. The van der Waals surface area contributed by atoms with E-state index in [4.69, 9.17) is 16.7 Å². The number of nitrogens with zero attached hydrogens (tertiary/aromatic N) is 3. The van der Waals surface area contributed by atoms with Gasteiger partial charge in [-0.05, 0) is 57.7 Å². The van der Waals surface area contributed by atoms with Crippen molar-refractivity contribution in [1.29, 1.82) is 0 Å². The van der Waals surface area contributed by atoms with Gasteiger partial charge in [0.1, 0.15) is 5.54 Å². The number of halogens is 1. The van der Waals surface area contributed by atoms with Crippen molar-refractivity contribution >= 4 is 35.2 Å². The molecule has 192 valence electrons. The van der Waals surface area contributed by atoms with Crippen LogP contribution in [0, 0.1) is 5.41 Å². The Bertz CT molecular complexity index is 955. The van der Waals surface area contributed by atoms with Crippen molar-refractivity contribution in [3.05, 3.63) is 29.3 Å². The number of benzene rings is 1. The fourth-order valence-electron chi connectivity index (χ4n) is 5.65. The molecule has 0 aliphatic carbocycles. The number of likely N-dealkylation sites (tertiary alicyclic amines) is 1. The number of amides is 3. The smallest absolute Gasteiger partial charge is 0.405 e. The van der Waals surface area contributed by atoms with Crippen molar-refractivity contribution in [2.75, 3.05) is 50.7 Å².